The molecular weight excluding hydrogens is 224 g/mol. The Morgan fingerprint density at radius 1 is 1.50 bits per heavy atom. The Bertz CT molecular complexity index is 461. The molecular formula is C11H10N2O2S. The van der Waals surface area contributed by atoms with Crippen molar-refractivity contribution < 1.29 is 9.53 Å². The van der Waals surface area contributed by atoms with Crippen LogP contribution in [0.1, 0.15) is 29.8 Å². The molecule has 0 unspecified atom stereocenters. The van der Waals surface area contributed by atoms with E-state index in [1.807, 2.05) is 0 Å². The quantitative estimate of drug-likeness (QED) is 0.786. The third-order valence-corrected chi connectivity index (χ3v) is 4.87. The number of hydrogen-bond acceptors (Lipinski definition) is 5. The van der Waals surface area contributed by atoms with Gasteiger partial charge in [-0.1, -0.05) is 0 Å². The molecule has 3 aliphatic carbocycles. The van der Waals surface area contributed by atoms with Crippen molar-refractivity contribution >= 4 is 22.4 Å². The second kappa shape index (κ2) is 2.77. The number of ether oxygens (including phenoxy) is 1. The minimum Gasteiger partial charge on any atom is -0.454 e. The number of nitrogens with two attached hydrogens (primary N) is 1. The van der Waals surface area contributed by atoms with Crippen LogP contribution in [-0.2, 0) is 14.9 Å². The molecule has 1 aromatic heterocycles. The second-order valence-electron chi connectivity index (χ2n) is 4.76. The van der Waals surface area contributed by atoms with Crippen LogP contribution in [0.15, 0.2) is 0 Å². The molecule has 0 saturated heterocycles. The van der Waals surface area contributed by atoms with Gasteiger partial charge in [0.2, 0.25) is 0 Å². The Morgan fingerprint density at radius 2 is 2.12 bits per heavy atom. The van der Waals surface area contributed by atoms with Crippen LogP contribution < -0.4 is 5.73 Å². The summed E-state index contributed by atoms with van der Waals surface area (Å²) in [5.41, 5.74) is 5.75. The van der Waals surface area contributed by atoms with Crippen LogP contribution in [-0.4, -0.2) is 11.0 Å². The zero-order valence-electron chi connectivity index (χ0n) is 8.53. The molecule has 4 nitrogen and oxygen atoms in total. The molecule has 4 radical (unpaired) electrons. The Labute approximate surface area is 97.8 Å². The zero-order valence-corrected chi connectivity index (χ0v) is 9.34. The van der Waals surface area contributed by atoms with E-state index in [1.165, 1.54) is 11.3 Å². The minimum absolute atomic E-state index is 0.00750. The largest absolute Gasteiger partial charge is 0.454 e. The highest BCUT2D eigenvalue weighted by Gasteiger charge is 2.73. The normalized spacial score (nSPS) is 35.1. The number of nitrogens with zero attached hydrogens (tertiary/aromatic N) is 1. The molecule has 3 aliphatic rings. The highest BCUT2D eigenvalue weighted by atomic mass is 32.1. The lowest BCUT2D eigenvalue weighted by molar-refractivity contribution is -0.195. The third kappa shape index (κ3) is 0.993. The number of aromatic nitrogens is 1. The molecule has 1 aromatic rings. The number of nitrogen functional groups attached to an aromatic ring is 1. The number of anilines is 1. The van der Waals surface area contributed by atoms with Crippen LogP contribution in [0.3, 0.4) is 0 Å². The smallest absolute Gasteiger partial charge is 0.312 e. The minimum atomic E-state index is -0.361. The molecule has 82 valence electrons. The molecule has 4 rings (SSSR count). The average Bonchev–Trinajstić information content (AvgIpc) is 2.41. The van der Waals surface area contributed by atoms with E-state index in [1.54, 1.807) is 0 Å². The highest BCUT2D eigenvalue weighted by Crippen LogP contribution is 2.75. The number of esters is 1. The zero-order chi connectivity index (χ0) is 11.6. The lowest BCUT2D eigenvalue weighted by atomic mass is 9.34. The van der Waals surface area contributed by atoms with Gasteiger partial charge >= 0.3 is 5.97 Å². The standard InChI is InChI=1S/C11H10N2O2S/c1-6-7(16-9(12)13-6)10-3-11(4-10,5-10)8(14)15-2/h1-2H,3-5H2,(H2,12,13). The molecule has 16 heavy (non-hydrogen) atoms. The molecule has 2 bridgehead atoms. The number of carbonyl (C=O) groups is 1. The molecule has 0 aliphatic heterocycles. The van der Waals surface area contributed by atoms with E-state index in [0.717, 1.165) is 24.1 Å². The fourth-order valence-electron chi connectivity index (χ4n) is 3.10. The van der Waals surface area contributed by atoms with E-state index in [9.17, 15) is 4.79 Å². The third-order valence-electron chi connectivity index (χ3n) is 3.72. The summed E-state index contributed by atoms with van der Waals surface area (Å²) >= 11 is 1.41. The SMILES string of the molecule is [CH]OC(=O)C12CC(c3sc(N)nc3[CH])(C1)C2. The Kier molecular flexibility index (Phi) is 1.74. The van der Waals surface area contributed by atoms with E-state index in [-0.39, 0.29) is 16.8 Å². The summed E-state index contributed by atoms with van der Waals surface area (Å²) in [6, 6.07) is 0. The molecule has 3 fully saturated rings. The van der Waals surface area contributed by atoms with E-state index in [4.69, 9.17) is 19.8 Å². The molecule has 5 heteroatoms. The maximum Gasteiger partial charge on any atom is 0.312 e. The first-order valence-corrected chi connectivity index (χ1v) is 5.76. The fraction of sp³-hybridized carbons (Fsp3) is 0.455. The van der Waals surface area contributed by atoms with Crippen LogP contribution in [0.2, 0.25) is 0 Å². The first kappa shape index (κ1) is 10.1. The molecule has 1 heterocycles. The summed E-state index contributed by atoms with van der Waals surface area (Å²) in [6.07, 6.45) is 2.26. The number of thiazole rings is 1. The van der Waals surface area contributed by atoms with Gasteiger partial charge in [0.15, 0.2) is 12.2 Å². The average molecular weight is 234 g/mol. The van der Waals surface area contributed by atoms with Crippen LogP contribution >= 0.6 is 11.3 Å². The molecule has 0 spiro atoms. The van der Waals surface area contributed by atoms with Gasteiger partial charge in [0, 0.05) is 17.2 Å². The summed E-state index contributed by atoms with van der Waals surface area (Å²) in [4.78, 5) is 16.4. The van der Waals surface area contributed by atoms with Crippen molar-refractivity contribution in [3.63, 3.8) is 0 Å². The van der Waals surface area contributed by atoms with Crippen molar-refractivity contribution in [1.29, 1.82) is 0 Å². The summed E-state index contributed by atoms with van der Waals surface area (Å²) in [7, 11) is 4.90. The summed E-state index contributed by atoms with van der Waals surface area (Å²) < 4.78 is 4.30. The highest BCUT2D eigenvalue weighted by molar-refractivity contribution is 7.15. The predicted octanol–water partition coefficient (Wildman–Crippen LogP) is 1.42. The van der Waals surface area contributed by atoms with Gasteiger partial charge in [0.1, 0.15) is 0 Å². The molecule has 3 saturated carbocycles. The van der Waals surface area contributed by atoms with Gasteiger partial charge in [-0.25, -0.2) is 4.98 Å². The maximum absolute atomic E-state index is 11.4. The van der Waals surface area contributed by atoms with Crippen molar-refractivity contribution in [2.45, 2.75) is 24.7 Å². The van der Waals surface area contributed by atoms with E-state index >= 15 is 0 Å². The van der Waals surface area contributed by atoms with Crippen LogP contribution in [0.25, 0.3) is 0 Å². The van der Waals surface area contributed by atoms with Crippen LogP contribution in [0.4, 0.5) is 5.13 Å². The topological polar surface area (TPSA) is 65.2 Å². The fourth-order valence-corrected chi connectivity index (χ4v) is 4.04. The van der Waals surface area contributed by atoms with Crippen LogP contribution in [0, 0.1) is 19.4 Å². The van der Waals surface area contributed by atoms with Crippen molar-refractivity contribution in [3.05, 3.63) is 24.6 Å². The molecule has 0 aromatic carbocycles. The van der Waals surface area contributed by atoms with E-state index in [2.05, 4.69) is 9.72 Å². The first-order valence-electron chi connectivity index (χ1n) is 4.95. The van der Waals surface area contributed by atoms with Crippen molar-refractivity contribution in [2.24, 2.45) is 5.41 Å². The summed E-state index contributed by atoms with van der Waals surface area (Å²) in [5.74, 6) is -0.314. The van der Waals surface area contributed by atoms with Crippen molar-refractivity contribution in [1.82, 2.24) is 4.98 Å². The first-order chi connectivity index (χ1) is 7.51. The molecule has 2 N–H and O–H groups in total. The van der Waals surface area contributed by atoms with Crippen molar-refractivity contribution in [2.75, 3.05) is 5.73 Å². The van der Waals surface area contributed by atoms with Crippen LogP contribution in [0.5, 0.6) is 0 Å². The van der Waals surface area contributed by atoms with Gasteiger partial charge in [0.25, 0.3) is 0 Å². The van der Waals surface area contributed by atoms with Gasteiger partial charge in [-0.15, -0.1) is 11.3 Å². The Morgan fingerprint density at radius 3 is 2.56 bits per heavy atom. The predicted molar refractivity (Wildman–Crippen MR) is 58.3 cm³/mol. The van der Waals surface area contributed by atoms with Gasteiger partial charge in [-0.05, 0) is 19.3 Å². The number of carbonyl (C=O) groups excluding carboxylic acids is 1. The van der Waals surface area contributed by atoms with Gasteiger partial charge in [0.05, 0.1) is 11.1 Å². The monoisotopic (exact) mass is 234 g/mol. The van der Waals surface area contributed by atoms with E-state index in [0.29, 0.717) is 10.8 Å². The summed E-state index contributed by atoms with van der Waals surface area (Å²) in [5, 5.41) is 0.479. The summed E-state index contributed by atoms with van der Waals surface area (Å²) in [6.45, 7) is 5.79. The lowest BCUT2D eigenvalue weighted by Gasteiger charge is -2.68. The molecule has 0 atom stereocenters. The van der Waals surface area contributed by atoms with Gasteiger partial charge in [-0.3, -0.25) is 4.79 Å². The second-order valence-corrected chi connectivity index (χ2v) is 5.79. The van der Waals surface area contributed by atoms with Gasteiger partial charge in [-0.2, -0.15) is 0 Å². The number of hydrogen-bond donors (Lipinski definition) is 1. The van der Waals surface area contributed by atoms with Crippen molar-refractivity contribution in [3.8, 4) is 0 Å². The lowest BCUT2D eigenvalue weighted by Crippen LogP contribution is -2.68. The van der Waals surface area contributed by atoms with Gasteiger partial charge < -0.3 is 10.5 Å². The van der Waals surface area contributed by atoms with E-state index < -0.39 is 0 Å². The Balaban J connectivity index is 1.83. The molecule has 0 amide bonds. The number of rotatable bonds is 2. The Hall–Kier alpha value is -1.10. The maximum atomic E-state index is 11.4.